The molecule has 142 valence electrons. The van der Waals surface area contributed by atoms with Crippen molar-refractivity contribution >= 4 is 24.0 Å². The molecule has 0 fully saturated rings. The quantitative estimate of drug-likeness (QED) is 0.487. The molecule has 4 rings (SSSR count). The van der Waals surface area contributed by atoms with Crippen molar-refractivity contribution in [3.8, 4) is 5.75 Å². The first-order chi connectivity index (χ1) is 14.2. The minimum Gasteiger partial charge on any atom is -0.497 e. The highest BCUT2D eigenvalue weighted by molar-refractivity contribution is 6.19. The van der Waals surface area contributed by atoms with Crippen LogP contribution in [0.5, 0.6) is 5.75 Å². The van der Waals surface area contributed by atoms with Crippen LogP contribution in [0.3, 0.4) is 0 Å². The van der Waals surface area contributed by atoms with E-state index in [1.165, 1.54) is 5.01 Å². The van der Waals surface area contributed by atoms with Crippen molar-refractivity contribution in [2.24, 2.45) is 10.1 Å². The summed E-state index contributed by atoms with van der Waals surface area (Å²) in [7, 11) is 1.62. The van der Waals surface area contributed by atoms with E-state index < -0.39 is 0 Å². The van der Waals surface area contributed by atoms with Gasteiger partial charge in [0.15, 0.2) is 5.84 Å². The van der Waals surface area contributed by atoms with Crippen LogP contribution in [0.1, 0.15) is 16.7 Å². The van der Waals surface area contributed by atoms with Crippen LogP contribution >= 0.6 is 0 Å². The summed E-state index contributed by atoms with van der Waals surface area (Å²) >= 11 is 0. The summed E-state index contributed by atoms with van der Waals surface area (Å²) < 4.78 is 5.17. The van der Waals surface area contributed by atoms with Crippen molar-refractivity contribution < 1.29 is 9.53 Å². The lowest BCUT2D eigenvalue weighted by molar-refractivity contribution is -0.122. The third-order valence-corrected chi connectivity index (χ3v) is 4.41. The molecule has 3 aromatic carbocycles. The molecule has 1 aliphatic rings. The number of carbonyl (C=O) groups excluding carboxylic acids is 1. The maximum absolute atomic E-state index is 13.0. The molecule has 0 unspecified atom stereocenters. The number of amides is 1. The van der Waals surface area contributed by atoms with Crippen molar-refractivity contribution in [2.45, 2.75) is 0 Å². The van der Waals surface area contributed by atoms with Gasteiger partial charge >= 0.3 is 0 Å². The molecular formula is C24H19N3O2. The number of methoxy groups -OCH3 is 1. The summed E-state index contributed by atoms with van der Waals surface area (Å²) in [5.74, 6) is 0.999. The summed E-state index contributed by atoms with van der Waals surface area (Å²) in [6.07, 6.45) is 3.41. The highest BCUT2D eigenvalue weighted by atomic mass is 16.5. The fourth-order valence-corrected chi connectivity index (χ4v) is 2.91. The average Bonchev–Trinajstić information content (AvgIpc) is 3.09. The lowest BCUT2D eigenvalue weighted by atomic mass is 10.2. The van der Waals surface area contributed by atoms with Crippen LogP contribution in [0.25, 0.3) is 6.08 Å². The topological polar surface area (TPSA) is 54.3 Å². The van der Waals surface area contributed by atoms with E-state index in [0.29, 0.717) is 11.5 Å². The molecule has 5 nitrogen and oxygen atoms in total. The Balaban J connectivity index is 1.69. The summed E-state index contributed by atoms with van der Waals surface area (Å²) in [5.41, 5.74) is 2.94. The predicted octanol–water partition coefficient (Wildman–Crippen LogP) is 4.36. The number of hydrogen-bond acceptors (Lipinski definition) is 4. The van der Waals surface area contributed by atoms with Gasteiger partial charge in [0.1, 0.15) is 11.4 Å². The molecule has 3 aromatic rings. The van der Waals surface area contributed by atoms with E-state index in [4.69, 9.17) is 4.74 Å². The molecule has 1 amide bonds. The summed E-state index contributed by atoms with van der Waals surface area (Å²) in [6.45, 7) is 0. The zero-order chi connectivity index (χ0) is 20.1. The average molecular weight is 381 g/mol. The Bertz CT molecular complexity index is 1090. The largest absolute Gasteiger partial charge is 0.497 e. The van der Waals surface area contributed by atoms with Gasteiger partial charge in [-0.05, 0) is 41.5 Å². The van der Waals surface area contributed by atoms with Gasteiger partial charge in [-0.25, -0.2) is 4.99 Å². The van der Waals surface area contributed by atoms with Gasteiger partial charge in [-0.3, -0.25) is 4.79 Å². The maximum Gasteiger partial charge on any atom is 0.298 e. The fraction of sp³-hybridized carbons (Fsp3) is 0.0417. The van der Waals surface area contributed by atoms with Gasteiger partial charge in [0.25, 0.3) is 5.91 Å². The van der Waals surface area contributed by atoms with E-state index in [-0.39, 0.29) is 5.91 Å². The Labute approximate surface area is 169 Å². The third-order valence-electron chi connectivity index (χ3n) is 4.41. The monoisotopic (exact) mass is 381 g/mol. The highest BCUT2D eigenvalue weighted by Gasteiger charge is 2.31. The van der Waals surface area contributed by atoms with Crippen molar-refractivity contribution in [3.05, 3.63) is 107 Å². The lowest BCUT2D eigenvalue weighted by Gasteiger charge is -2.12. The van der Waals surface area contributed by atoms with Gasteiger partial charge in [0.05, 0.1) is 13.3 Å². The van der Waals surface area contributed by atoms with Gasteiger partial charge in [-0.15, -0.1) is 0 Å². The molecule has 0 atom stereocenters. The zero-order valence-corrected chi connectivity index (χ0v) is 15.9. The lowest BCUT2D eigenvalue weighted by Crippen LogP contribution is -2.27. The summed E-state index contributed by atoms with van der Waals surface area (Å²) in [4.78, 5) is 17.6. The number of carbonyl (C=O) groups is 1. The summed E-state index contributed by atoms with van der Waals surface area (Å²) in [5, 5.41) is 5.77. The molecule has 0 saturated heterocycles. The van der Waals surface area contributed by atoms with Crippen LogP contribution < -0.4 is 4.74 Å². The fourth-order valence-electron chi connectivity index (χ4n) is 2.91. The Kier molecular flexibility index (Phi) is 5.29. The Morgan fingerprint density at radius 3 is 2.17 bits per heavy atom. The first-order valence-electron chi connectivity index (χ1n) is 9.18. The van der Waals surface area contributed by atoms with Crippen LogP contribution in [0.2, 0.25) is 0 Å². The van der Waals surface area contributed by atoms with Crippen LogP contribution in [0.4, 0.5) is 0 Å². The molecule has 0 aromatic heterocycles. The van der Waals surface area contributed by atoms with E-state index in [2.05, 4.69) is 10.1 Å². The molecule has 29 heavy (non-hydrogen) atoms. The second-order valence-electron chi connectivity index (χ2n) is 6.38. The second kappa shape index (κ2) is 8.35. The van der Waals surface area contributed by atoms with Crippen LogP contribution in [-0.4, -0.2) is 30.1 Å². The molecule has 0 spiro atoms. The first kappa shape index (κ1) is 18.4. The van der Waals surface area contributed by atoms with Crippen molar-refractivity contribution in [3.63, 3.8) is 0 Å². The number of nitrogens with zero attached hydrogens (tertiary/aromatic N) is 3. The van der Waals surface area contributed by atoms with E-state index in [1.807, 2.05) is 84.9 Å². The van der Waals surface area contributed by atoms with E-state index in [1.54, 1.807) is 19.4 Å². The molecule has 0 N–H and O–H groups in total. The van der Waals surface area contributed by atoms with Gasteiger partial charge in [0, 0.05) is 5.56 Å². The van der Waals surface area contributed by atoms with Gasteiger partial charge in [-0.2, -0.15) is 10.1 Å². The van der Waals surface area contributed by atoms with Crippen molar-refractivity contribution in [1.29, 1.82) is 0 Å². The van der Waals surface area contributed by atoms with Crippen LogP contribution in [-0.2, 0) is 4.79 Å². The SMILES string of the molecule is COc1ccc(C=NN2C(=O)C(=Cc3ccccc3)N=C2c2ccccc2)cc1. The molecule has 0 aliphatic carbocycles. The Hall–Kier alpha value is -3.99. The van der Waals surface area contributed by atoms with E-state index in [0.717, 1.165) is 22.4 Å². The van der Waals surface area contributed by atoms with Gasteiger partial charge < -0.3 is 4.74 Å². The minimum absolute atomic E-state index is 0.266. The molecule has 0 radical (unpaired) electrons. The Morgan fingerprint density at radius 1 is 0.862 bits per heavy atom. The van der Waals surface area contributed by atoms with E-state index >= 15 is 0 Å². The number of ether oxygens (including phenoxy) is 1. The normalized spacial score (nSPS) is 15.2. The Morgan fingerprint density at radius 2 is 1.52 bits per heavy atom. The maximum atomic E-state index is 13.0. The standard InChI is InChI=1S/C24H19N3O2/c1-29-21-14-12-19(13-15-21)17-25-27-23(20-10-6-3-7-11-20)26-22(24(27)28)16-18-8-4-2-5-9-18/h2-17H,1H3. The molecule has 0 bridgehead atoms. The van der Waals surface area contributed by atoms with Crippen LogP contribution in [0.15, 0.2) is 101 Å². The first-order valence-corrected chi connectivity index (χ1v) is 9.18. The van der Waals surface area contributed by atoms with Gasteiger partial charge in [0.2, 0.25) is 0 Å². The van der Waals surface area contributed by atoms with E-state index in [9.17, 15) is 4.79 Å². The minimum atomic E-state index is -0.266. The molecule has 0 saturated carbocycles. The second-order valence-corrected chi connectivity index (χ2v) is 6.38. The van der Waals surface area contributed by atoms with Gasteiger partial charge in [-0.1, -0.05) is 60.7 Å². The number of aliphatic imine (C=N–C) groups is 1. The molecule has 5 heteroatoms. The molecular weight excluding hydrogens is 362 g/mol. The van der Waals surface area contributed by atoms with Crippen LogP contribution in [0, 0.1) is 0 Å². The van der Waals surface area contributed by atoms with Crippen molar-refractivity contribution in [1.82, 2.24) is 5.01 Å². The summed E-state index contributed by atoms with van der Waals surface area (Å²) in [6, 6.07) is 26.7. The number of benzene rings is 3. The number of amidine groups is 1. The number of hydrogen-bond donors (Lipinski definition) is 0. The zero-order valence-electron chi connectivity index (χ0n) is 15.9. The van der Waals surface area contributed by atoms with Crippen molar-refractivity contribution in [2.75, 3.05) is 7.11 Å². The molecule has 1 aliphatic heterocycles. The molecule has 1 heterocycles. The predicted molar refractivity (Wildman–Crippen MR) is 115 cm³/mol. The highest BCUT2D eigenvalue weighted by Crippen LogP contribution is 2.22. The smallest absolute Gasteiger partial charge is 0.298 e. The number of hydrazone groups is 1. The third kappa shape index (κ3) is 4.14. The number of rotatable bonds is 5.